The summed E-state index contributed by atoms with van der Waals surface area (Å²) in [5.41, 5.74) is -4.32. The van der Waals surface area contributed by atoms with E-state index >= 15 is 0 Å². The normalized spacial score (nSPS) is 18.7. The Kier molecular flexibility index (Phi) is 3.92. The molecule has 1 fully saturated rings. The van der Waals surface area contributed by atoms with Crippen LogP contribution in [-0.4, -0.2) is 35.2 Å². The Balaban J connectivity index is 2.32. The molecule has 0 aromatic rings. The number of hydrogen-bond donors (Lipinski definition) is 0. The first-order valence-electron chi connectivity index (χ1n) is 4.77. The van der Waals surface area contributed by atoms with Crippen molar-refractivity contribution in [1.82, 2.24) is 4.90 Å². The number of amides is 1. The summed E-state index contributed by atoms with van der Waals surface area (Å²) in [6.45, 7) is 1.88. The van der Waals surface area contributed by atoms with E-state index in [-0.39, 0.29) is 17.8 Å². The summed E-state index contributed by atoms with van der Waals surface area (Å²) in [5.74, 6) is -0.483. The smallest absolute Gasteiger partial charge is 0.342 e. The Bertz CT molecular complexity index is 240. The van der Waals surface area contributed by atoms with Crippen LogP contribution in [-0.2, 0) is 4.79 Å². The van der Waals surface area contributed by atoms with E-state index in [0.717, 1.165) is 12.8 Å². The summed E-state index contributed by atoms with van der Waals surface area (Å²) < 4.78 is 35.5. The van der Waals surface area contributed by atoms with Crippen LogP contribution in [0.3, 0.4) is 0 Å². The van der Waals surface area contributed by atoms with E-state index in [9.17, 15) is 18.0 Å². The van der Waals surface area contributed by atoms with E-state index in [2.05, 4.69) is 0 Å². The Morgan fingerprint density at radius 1 is 1.53 bits per heavy atom. The standard InChI is InChI=1S/C9H14F3NOS/c1-6(7-3-4-7)13(2)8(14)5-15-9(10,11)12/h6-7H,3-5H2,1-2H3/t6-/m1/s1. The minimum Gasteiger partial charge on any atom is -0.342 e. The molecule has 2 nitrogen and oxygen atoms in total. The zero-order valence-electron chi connectivity index (χ0n) is 8.67. The SMILES string of the molecule is C[C@H](C1CC1)N(C)C(=O)CSC(F)(F)F. The molecule has 6 heteroatoms. The number of alkyl halides is 3. The van der Waals surface area contributed by atoms with Crippen LogP contribution in [0.1, 0.15) is 19.8 Å². The van der Waals surface area contributed by atoms with Crippen LogP contribution >= 0.6 is 11.8 Å². The molecule has 0 unspecified atom stereocenters. The van der Waals surface area contributed by atoms with E-state index in [1.165, 1.54) is 4.90 Å². The summed E-state index contributed by atoms with van der Waals surface area (Å²) in [6.07, 6.45) is 2.15. The highest BCUT2D eigenvalue weighted by Gasteiger charge is 2.34. The molecule has 1 saturated carbocycles. The molecule has 0 radical (unpaired) electrons. The number of carbonyl (C=O) groups is 1. The lowest BCUT2D eigenvalue weighted by Gasteiger charge is -2.24. The Labute approximate surface area is 91.2 Å². The number of halogens is 3. The molecule has 0 aromatic carbocycles. The lowest BCUT2D eigenvalue weighted by atomic mass is 10.2. The first-order valence-corrected chi connectivity index (χ1v) is 5.76. The van der Waals surface area contributed by atoms with Crippen LogP contribution < -0.4 is 0 Å². The fourth-order valence-corrected chi connectivity index (χ4v) is 1.86. The average molecular weight is 241 g/mol. The molecule has 0 bridgehead atoms. The van der Waals surface area contributed by atoms with Crippen molar-refractivity contribution in [2.24, 2.45) is 5.92 Å². The molecule has 0 heterocycles. The molecule has 0 N–H and O–H groups in total. The molecule has 0 saturated heterocycles. The van der Waals surface area contributed by atoms with E-state index in [1.54, 1.807) is 7.05 Å². The number of rotatable bonds is 4. The Morgan fingerprint density at radius 2 is 2.07 bits per heavy atom. The van der Waals surface area contributed by atoms with Gasteiger partial charge in [0.1, 0.15) is 0 Å². The molecule has 15 heavy (non-hydrogen) atoms. The average Bonchev–Trinajstić information content (AvgIpc) is 2.93. The maximum absolute atomic E-state index is 11.8. The van der Waals surface area contributed by atoms with Gasteiger partial charge < -0.3 is 4.90 Å². The number of carbonyl (C=O) groups excluding carboxylic acids is 1. The van der Waals surface area contributed by atoms with Gasteiger partial charge in [0.2, 0.25) is 5.91 Å². The third-order valence-electron chi connectivity index (χ3n) is 2.67. The minimum atomic E-state index is -4.32. The van der Waals surface area contributed by atoms with Gasteiger partial charge in [0.15, 0.2) is 0 Å². The van der Waals surface area contributed by atoms with Crippen LogP contribution in [0.15, 0.2) is 0 Å². The predicted molar refractivity (Wildman–Crippen MR) is 53.5 cm³/mol. The van der Waals surface area contributed by atoms with Gasteiger partial charge in [0, 0.05) is 13.1 Å². The van der Waals surface area contributed by atoms with Crippen molar-refractivity contribution >= 4 is 17.7 Å². The van der Waals surface area contributed by atoms with Crippen molar-refractivity contribution in [2.45, 2.75) is 31.3 Å². The number of hydrogen-bond acceptors (Lipinski definition) is 2. The second-order valence-electron chi connectivity index (χ2n) is 3.82. The maximum atomic E-state index is 11.8. The monoisotopic (exact) mass is 241 g/mol. The summed E-state index contributed by atoms with van der Waals surface area (Å²) >= 11 is -0.272. The van der Waals surface area contributed by atoms with Crippen LogP contribution in [0.25, 0.3) is 0 Å². The van der Waals surface area contributed by atoms with Crippen LogP contribution in [0.4, 0.5) is 13.2 Å². The lowest BCUT2D eigenvalue weighted by Crippen LogP contribution is -2.37. The van der Waals surface area contributed by atoms with Crippen molar-refractivity contribution in [3.05, 3.63) is 0 Å². The van der Waals surface area contributed by atoms with Gasteiger partial charge in [-0.3, -0.25) is 4.79 Å². The fraction of sp³-hybridized carbons (Fsp3) is 0.889. The van der Waals surface area contributed by atoms with Crippen molar-refractivity contribution in [3.63, 3.8) is 0 Å². The van der Waals surface area contributed by atoms with Gasteiger partial charge in [-0.05, 0) is 37.4 Å². The predicted octanol–water partition coefficient (Wildman–Crippen LogP) is 2.50. The van der Waals surface area contributed by atoms with Gasteiger partial charge in [-0.2, -0.15) is 13.2 Å². The minimum absolute atomic E-state index is 0.0614. The molecular weight excluding hydrogens is 227 g/mol. The topological polar surface area (TPSA) is 20.3 Å². The highest BCUT2D eigenvalue weighted by Crippen LogP contribution is 2.35. The largest absolute Gasteiger partial charge is 0.442 e. The molecule has 88 valence electrons. The van der Waals surface area contributed by atoms with Crippen molar-refractivity contribution in [1.29, 1.82) is 0 Å². The summed E-state index contributed by atoms with van der Waals surface area (Å²) in [7, 11) is 1.57. The summed E-state index contributed by atoms with van der Waals surface area (Å²) in [5, 5.41) is 0. The van der Waals surface area contributed by atoms with Gasteiger partial charge in [0.25, 0.3) is 0 Å². The Hall–Kier alpha value is -0.390. The zero-order chi connectivity index (χ0) is 11.6. The lowest BCUT2D eigenvalue weighted by molar-refractivity contribution is -0.129. The van der Waals surface area contributed by atoms with E-state index in [4.69, 9.17) is 0 Å². The van der Waals surface area contributed by atoms with Crippen molar-refractivity contribution < 1.29 is 18.0 Å². The van der Waals surface area contributed by atoms with Crippen molar-refractivity contribution in [3.8, 4) is 0 Å². The first-order chi connectivity index (χ1) is 6.81. The zero-order valence-corrected chi connectivity index (χ0v) is 9.49. The van der Waals surface area contributed by atoms with E-state index in [0.29, 0.717) is 5.92 Å². The van der Waals surface area contributed by atoms with Gasteiger partial charge in [-0.25, -0.2) is 0 Å². The fourth-order valence-electron chi connectivity index (χ4n) is 1.37. The maximum Gasteiger partial charge on any atom is 0.442 e. The van der Waals surface area contributed by atoms with Gasteiger partial charge in [0.05, 0.1) is 5.75 Å². The van der Waals surface area contributed by atoms with E-state index < -0.39 is 17.2 Å². The first kappa shape index (κ1) is 12.7. The number of nitrogens with zero attached hydrogens (tertiary/aromatic N) is 1. The van der Waals surface area contributed by atoms with Crippen LogP contribution in [0, 0.1) is 5.92 Å². The van der Waals surface area contributed by atoms with Gasteiger partial charge >= 0.3 is 5.51 Å². The molecule has 1 rings (SSSR count). The quantitative estimate of drug-likeness (QED) is 0.753. The molecule has 1 atom stereocenters. The summed E-state index contributed by atoms with van der Waals surface area (Å²) in [4.78, 5) is 12.8. The molecule has 0 aromatic heterocycles. The molecule has 1 aliphatic rings. The second kappa shape index (κ2) is 4.63. The molecule has 1 amide bonds. The van der Waals surface area contributed by atoms with E-state index in [1.807, 2.05) is 6.92 Å². The molecule has 1 aliphatic carbocycles. The van der Waals surface area contributed by atoms with Crippen LogP contribution in [0.2, 0.25) is 0 Å². The third-order valence-corrected chi connectivity index (χ3v) is 3.39. The molecular formula is C9H14F3NOS. The highest BCUT2D eigenvalue weighted by molar-refractivity contribution is 8.00. The van der Waals surface area contributed by atoms with Crippen LogP contribution in [0.5, 0.6) is 0 Å². The Morgan fingerprint density at radius 3 is 2.47 bits per heavy atom. The molecule has 0 spiro atoms. The number of thioether (sulfide) groups is 1. The summed E-state index contributed by atoms with van der Waals surface area (Å²) in [6, 6.07) is 0.0614. The highest BCUT2D eigenvalue weighted by atomic mass is 32.2. The van der Waals surface area contributed by atoms with Gasteiger partial charge in [-0.1, -0.05) is 0 Å². The molecule has 0 aliphatic heterocycles. The van der Waals surface area contributed by atoms with Gasteiger partial charge in [-0.15, -0.1) is 0 Å². The third kappa shape index (κ3) is 4.32. The second-order valence-corrected chi connectivity index (χ2v) is 4.86. The van der Waals surface area contributed by atoms with Crippen molar-refractivity contribution in [2.75, 3.05) is 12.8 Å².